The molecule has 0 fully saturated rings. The molecule has 0 aliphatic heterocycles. The Balaban J connectivity index is 3.18. The number of rotatable bonds is 5. The van der Waals surface area contributed by atoms with Crippen molar-refractivity contribution in [2.75, 3.05) is 12.3 Å². The molecule has 1 aromatic rings. The average molecular weight is 293 g/mol. The molecule has 5 nitrogen and oxygen atoms in total. The van der Waals surface area contributed by atoms with Crippen LogP contribution in [0.1, 0.15) is 20.3 Å². The van der Waals surface area contributed by atoms with Gasteiger partial charge in [-0.1, -0.05) is 18.5 Å². The van der Waals surface area contributed by atoms with E-state index in [0.717, 1.165) is 0 Å². The fourth-order valence-corrected chi connectivity index (χ4v) is 3.20. The molecule has 1 unspecified atom stereocenters. The summed E-state index contributed by atoms with van der Waals surface area (Å²) in [6.07, 6.45) is 0.448. The SMILES string of the molecule is CCC(C)(CO)NS(=O)(=O)c1cc(Cl)ccc1N. The van der Waals surface area contributed by atoms with E-state index in [-0.39, 0.29) is 22.2 Å². The summed E-state index contributed by atoms with van der Waals surface area (Å²) in [5.41, 5.74) is 4.83. The van der Waals surface area contributed by atoms with Gasteiger partial charge in [-0.25, -0.2) is 13.1 Å². The maximum Gasteiger partial charge on any atom is 0.243 e. The predicted molar refractivity (Wildman–Crippen MR) is 72.0 cm³/mol. The normalized spacial score (nSPS) is 15.3. The molecule has 0 amide bonds. The van der Waals surface area contributed by atoms with Crippen LogP contribution in [0.5, 0.6) is 0 Å². The molecular weight excluding hydrogens is 276 g/mol. The molecule has 0 saturated carbocycles. The van der Waals surface area contributed by atoms with E-state index in [4.69, 9.17) is 17.3 Å². The van der Waals surface area contributed by atoms with Crippen LogP contribution in [0.15, 0.2) is 23.1 Å². The molecule has 0 heterocycles. The Kier molecular flexibility index (Phi) is 4.61. The first-order valence-electron chi connectivity index (χ1n) is 5.44. The summed E-state index contributed by atoms with van der Waals surface area (Å²) in [6.45, 7) is 3.09. The first kappa shape index (κ1) is 15.2. The van der Waals surface area contributed by atoms with Gasteiger partial charge in [-0.05, 0) is 31.5 Å². The molecule has 0 spiro atoms. The fraction of sp³-hybridized carbons (Fsp3) is 0.455. The Bertz CT molecular complexity index is 527. The fourth-order valence-electron chi connectivity index (χ4n) is 1.34. The van der Waals surface area contributed by atoms with Gasteiger partial charge in [0.25, 0.3) is 0 Å². The molecule has 1 atom stereocenters. The van der Waals surface area contributed by atoms with E-state index in [1.807, 2.05) is 0 Å². The van der Waals surface area contributed by atoms with Crippen molar-refractivity contribution in [3.8, 4) is 0 Å². The molecule has 0 radical (unpaired) electrons. The van der Waals surface area contributed by atoms with E-state index < -0.39 is 15.6 Å². The lowest BCUT2D eigenvalue weighted by molar-refractivity contribution is 0.191. The first-order valence-corrected chi connectivity index (χ1v) is 7.30. The quantitative estimate of drug-likeness (QED) is 0.715. The van der Waals surface area contributed by atoms with Crippen molar-refractivity contribution in [3.63, 3.8) is 0 Å². The number of sulfonamides is 1. The summed E-state index contributed by atoms with van der Waals surface area (Å²) in [5.74, 6) is 0. The van der Waals surface area contributed by atoms with Gasteiger partial charge in [0.2, 0.25) is 10.0 Å². The van der Waals surface area contributed by atoms with Gasteiger partial charge in [0, 0.05) is 5.02 Å². The van der Waals surface area contributed by atoms with E-state index in [0.29, 0.717) is 6.42 Å². The van der Waals surface area contributed by atoms with Gasteiger partial charge in [0.1, 0.15) is 4.90 Å². The third kappa shape index (κ3) is 3.35. The monoisotopic (exact) mass is 292 g/mol. The minimum atomic E-state index is -3.81. The van der Waals surface area contributed by atoms with Crippen LogP contribution in [0.2, 0.25) is 5.02 Å². The molecule has 1 rings (SSSR count). The lowest BCUT2D eigenvalue weighted by Gasteiger charge is -2.27. The van der Waals surface area contributed by atoms with Crippen LogP contribution < -0.4 is 10.5 Å². The molecular formula is C11H17ClN2O3S. The van der Waals surface area contributed by atoms with Gasteiger partial charge in [-0.3, -0.25) is 0 Å². The Morgan fingerprint density at radius 1 is 1.50 bits per heavy atom. The lowest BCUT2D eigenvalue weighted by Crippen LogP contribution is -2.48. The highest BCUT2D eigenvalue weighted by Gasteiger charge is 2.29. The van der Waals surface area contributed by atoms with Crippen LogP contribution in [0.4, 0.5) is 5.69 Å². The van der Waals surface area contributed by atoms with Crippen LogP contribution >= 0.6 is 11.6 Å². The maximum absolute atomic E-state index is 12.2. The molecule has 0 bridgehead atoms. The van der Waals surface area contributed by atoms with Crippen molar-refractivity contribution in [3.05, 3.63) is 23.2 Å². The second kappa shape index (κ2) is 5.44. The first-order chi connectivity index (χ1) is 8.24. The number of benzene rings is 1. The second-order valence-corrected chi connectivity index (χ2v) is 6.45. The second-order valence-electron chi connectivity index (χ2n) is 4.36. The number of aliphatic hydroxyl groups is 1. The van der Waals surface area contributed by atoms with Crippen molar-refractivity contribution in [2.45, 2.75) is 30.7 Å². The lowest BCUT2D eigenvalue weighted by atomic mass is 10.0. The van der Waals surface area contributed by atoms with E-state index in [1.165, 1.54) is 18.2 Å². The zero-order valence-corrected chi connectivity index (χ0v) is 11.8. The van der Waals surface area contributed by atoms with Gasteiger partial charge in [0.05, 0.1) is 17.8 Å². The van der Waals surface area contributed by atoms with Crippen molar-refractivity contribution >= 4 is 27.3 Å². The molecule has 18 heavy (non-hydrogen) atoms. The van der Waals surface area contributed by atoms with Crippen molar-refractivity contribution in [1.29, 1.82) is 0 Å². The Labute approximate surface area is 112 Å². The molecule has 0 aliphatic carbocycles. The van der Waals surface area contributed by atoms with E-state index in [9.17, 15) is 13.5 Å². The molecule has 0 aliphatic rings. The van der Waals surface area contributed by atoms with E-state index >= 15 is 0 Å². The molecule has 0 aromatic heterocycles. The summed E-state index contributed by atoms with van der Waals surface area (Å²) in [7, 11) is -3.81. The molecule has 1 aromatic carbocycles. The smallest absolute Gasteiger partial charge is 0.243 e. The Morgan fingerprint density at radius 2 is 2.11 bits per heavy atom. The van der Waals surface area contributed by atoms with E-state index in [1.54, 1.807) is 13.8 Å². The number of aliphatic hydroxyl groups excluding tert-OH is 1. The maximum atomic E-state index is 12.2. The number of anilines is 1. The van der Waals surface area contributed by atoms with Gasteiger partial charge in [-0.15, -0.1) is 0 Å². The zero-order chi connectivity index (χ0) is 14.0. The molecule has 7 heteroatoms. The number of halogens is 1. The highest BCUT2D eigenvalue weighted by molar-refractivity contribution is 7.89. The minimum absolute atomic E-state index is 0.0804. The molecule has 0 saturated heterocycles. The summed E-state index contributed by atoms with van der Waals surface area (Å²) >= 11 is 5.76. The van der Waals surface area contributed by atoms with Gasteiger partial charge in [-0.2, -0.15) is 0 Å². The average Bonchev–Trinajstić information content (AvgIpc) is 2.31. The highest BCUT2D eigenvalue weighted by Crippen LogP contribution is 2.24. The predicted octanol–water partition coefficient (Wildman–Crippen LogP) is 1.36. The summed E-state index contributed by atoms with van der Waals surface area (Å²) in [6, 6.07) is 4.23. The molecule has 4 N–H and O–H groups in total. The zero-order valence-electron chi connectivity index (χ0n) is 10.3. The number of nitrogens with one attached hydrogen (secondary N) is 1. The topological polar surface area (TPSA) is 92.4 Å². The Morgan fingerprint density at radius 3 is 2.61 bits per heavy atom. The summed E-state index contributed by atoms with van der Waals surface area (Å²) in [4.78, 5) is -0.0804. The Hall–Kier alpha value is -0.820. The van der Waals surface area contributed by atoms with Crippen LogP contribution in [0.25, 0.3) is 0 Å². The van der Waals surface area contributed by atoms with Crippen LogP contribution in [-0.4, -0.2) is 25.7 Å². The minimum Gasteiger partial charge on any atom is -0.398 e. The standard InChI is InChI=1S/C11H17ClN2O3S/c1-3-11(2,7-15)14-18(16,17)10-6-8(12)4-5-9(10)13/h4-6,14-15H,3,7,13H2,1-2H3. The third-order valence-electron chi connectivity index (χ3n) is 2.78. The molecule has 102 valence electrons. The number of hydrogen-bond acceptors (Lipinski definition) is 4. The van der Waals surface area contributed by atoms with Crippen LogP contribution in [0, 0.1) is 0 Å². The van der Waals surface area contributed by atoms with Crippen molar-refractivity contribution in [1.82, 2.24) is 4.72 Å². The number of nitrogen functional groups attached to an aromatic ring is 1. The van der Waals surface area contributed by atoms with Crippen molar-refractivity contribution < 1.29 is 13.5 Å². The third-order valence-corrected chi connectivity index (χ3v) is 4.70. The highest BCUT2D eigenvalue weighted by atomic mass is 35.5. The van der Waals surface area contributed by atoms with Gasteiger partial charge >= 0.3 is 0 Å². The number of hydrogen-bond donors (Lipinski definition) is 3. The van der Waals surface area contributed by atoms with Gasteiger partial charge < -0.3 is 10.8 Å². The van der Waals surface area contributed by atoms with Crippen LogP contribution in [0.3, 0.4) is 0 Å². The number of nitrogens with two attached hydrogens (primary N) is 1. The largest absolute Gasteiger partial charge is 0.398 e. The van der Waals surface area contributed by atoms with E-state index in [2.05, 4.69) is 4.72 Å². The van der Waals surface area contributed by atoms with Crippen LogP contribution in [-0.2, 0) is 10.0 Å². The van der Waals surface area contributed by atoms with Gasteiger partial charge in [0.15, 0.2) is 0 Å². The van der Waals surface area contributed by atoms with Crippen molar-refractivity contribution in [2.24, 2.45) is 0 Å². The summed E-state index contributed by atoms with van der Waals surface area (Å²) in [5, 5.41) is 9.52. The summed E-state index contributed by atoms with van der Waals surface area (Å²) < 4.78 is 26.8.